The second kappa shape index (κ2) is 5.99. The third-order valence-electron chi connectivity index (χ3n) is 2.41. The van der Waals surface area contributed by atoms with Crippen LogP contribution in [0.5, 0.6) is 17.4 Å². The lowest BCUT2D eigenvalue weighted by molar-refractivity contribution is 0.274. The Morgan fingerprint density at radius 3 is 2.79 bits per heavy atom. The first-order valence-corrected chi connectivity index (χ1v) is 6.20. The molecule has 6 heteroatoms. The number of ether oxygens (including phenoxy) is 2. The van der Waals surface area contributed by atoms with Crippen LogP contribution < -0.4 is 9.47 Å². The fraction of sp³-hybridized carbons (Fsp3) is 0.154. The van der Waals surface area contributed by atoms with Crippen LogP contribution >= 0.6 is 15.9 Å². The predicted octanol–water partition coefficient (Wildman–Crippen LogP) is 3.28. The minimum atomic E-state index is -0.523. The van der Waals surface area contributed by atoms with E-state index in [-0.39, 0.29) is 18.1 Å². The highest BCUT2D eigenvalue weighted by Gasteiger charge is 2.10. The van der Waals surface area contributed by atoms with E-state index in [1.807, 2.05) is 0 Å². The zero-order valence-corrected chi connectivity index (χ0v) is 11.6. The molecule has 0 aliphatic carbocycles. The quantitative estimate of drug-likeness (QED) is 0.936. The molecule has 4 nitrogen and oxygen atoms in total. The number of aliphatic hydroxyl groups is 1. The van der Waals surface area contributed by atoms with Gasteiger partial charge < -0.3 is 14.6 Å². The topological polar surface area (TPSA) is 51.6 Å². The van der Waals surface area contributed by atoms with E-state index in [2.05, 4.69) is 20.9 Å². The van der Waals surface area contributed by atoms with Crippen LogP contribution in [0.4, 0.5) is 4.39 Å². The van der Waals surface area contributed by atoms with Crippen molar-refractivity contribution >= 4 is 15.9 Å². The van der Waals surface area contributed by atoms with Gasteiger partial charge in [-0.05, 0) is 40.2 Å². The molecule has 0 amide bonds. The number of halogens is 2. The van der Waals surface area contributed by atoms with Gasteiger partial charge in [0.15, 0.2) is 0 Å². The second-order valence-electron chi connectivity index (χ2n) is 3.67. The van der Waals surface area contributed by atoms with Crippen molar-refractivity contribution in [3.8, 4) is 17.4 Å². The van der Waals surface area contributed by atoms with E-state index in [9.17, 15) is 4.39 Å². The molecular weight excluding hydrogens is 317 g/mol. The zero-order chi connectivity index (χ0) is 13.8. The van der Waals surface area contributed by atoms with Crippen LogP contribution in [-0.2, 0) is 6.61 Å². The maximum atomic E-state index is 13.0. The molecule has 1 heterocycles. The van der Waals surface area contributed by atoms with Crippen molar-refractivity contribution in [1.82, 2.24) is 4.98 Å². The van der Waals surface area contributed by atoms with E-state index in [0.29, 0.717) is 16.0 Å². The molecule has 100 valence electrons. The minimum Gasteiger partial charge on any atom is -0.497 e. The first kappa shape index (κ1) is 13.8. The number of pyridine rings is 1. The first-order chi connectivity index (χ1) is 9.13. The molecule has 1 aromatic carbocycles. The summed E-state index contributed by atoms with van der Waals surface area (Å²) in [5.74, 6) is 0.809. The van der Waals surface area contributed by atoms with E-state index in [4.69, 9.17) is 14.6 Å². The maximum absolute atomic E-state index is 13.0. The summed E-state index contributed by atoms with van der Waals surface area (Å²) in [6.07, 6.45) is 1.03. The van der Waals surface area contributed by atoms with Crippen LogP contribution in [0, 0.1) is 5.82 Å². The summed E-state index contributed by atoms with van der Waals surface area (Å²) >= 11 is 3.34. The van der Waals surface area contributed by atoms with Crippen LogP contribution in [0.25, 0.3) is 0 Å². The molecule has 0 spiro atoms. The monoisotopic (exact) mass is 327 g/mol. The lowest BCUT2D eigenvalue weighted by atomic mass is 10.3. The Balaban J connectivity index is 2.31. The largest absolute Gasteiger partial charge is 0.497 e. The first-order valence-electron chi connectivity index (χ1n) is 5.40. The van der Waals surface area contributed by atoms with E-state index in [0.717, 1.165) is 6.20 Å². The van der Waals surface area contributed by atoms with Crippen molar-refractivity contribution in [2.24, 2.45) is 0 Å². The van der Waals surface area contributed by atoms with E-state index in [1.165, 1.54) is 6.07 Å². The van der Waals surface area contributed by atoms with Gasteiger partial charge in [-0.25, -0.2) is 9.37 Å². The number of hydrogen-bond donors (Lipinski definition) is 1. The van der Waals surface area contributed by atoms with Crippen LogP contribution in [0.3, 0.4) is 0 Å². The van der Waals surface area contributed by atoms with E-state index in [1.54, 1.807) is 25.3 Å². The van der Waals surface area contributed by atoms with Gasteiger partial charge in [0.1, 0.15) is 17.3 Å². The molecule has 0 radical (unpaired) electrons. The number of aliphatic hydroxyl groups excluding tert-OH is 1. The molecule has 0 fully saturated rings. The summed E-state index contributed by atoms with van der Waals surface area (Å²) in [4.78, 5) is 3.82. The van der Waals surface area contributed by atoms with Gasteiger partial charge in [0.25, 0.3) is 0 Å². The molecule has 0 aliphatic heterocycles. The second-order valence-corrected chi connectivity index (χ2v) is 4.53. The lowest BCUT2D eigenvalue weighted by Crippen LogP contribution is -1.97. The minimum absolute atomic E-state index is 0.162. The van der Waals surface area contributed by atoms with Crippen molar-refractivity contribution in [3.05, 3.63) is 46.3 Å². The third kappa shape index (κ3) is 3.21. The van der Waals surface area contributed by atoms with Crippen molar-refractivity contribution in [1.29, 1.82) is 0 Å². The molecule has 0 saturated heterocycles. The fourth-order valence-electron chi connectivity index (χ4n) is 1.47. The molecule has 2 rings (SSSR count). The summed E-state index contributed by atoms with van der Waals surface area (Å²) in [6, 6.07) is 6.33. The molecule has 2 aromatic rings. The van der Waals surface area contributed by atoms with Crippen LogP contribution in [-0.4, -0.2) is 17.2 Å². The van der Waals surface area contributed by atoms with Crippen molar-refractivity contribution in [2.75, 3.05) is 7.11 Å². The Bertz CT molecular complexity index is 592. The standard InChI is InChI=1S/C13H11BrFNO3/c1-18-10-2-3-12(11(14)5-10)19-13-8(7-17)4-9(15)6-16-13/h2-6,17H,7H2,1H3. The average molecular weight is 328 g/mol. The zero-order valence-electron chi connectivity index (χ0n) is 10.1. The molecule has 0 saturated carbocycles. The molecule has 19 heavy (non-hydrogen) atoms. The normalized spacial score (nSPS) is 10.3. The Labute approximate surface area is 117 Å². The van der Waals surface area contributed by atoms with Gasteiger partial charge in [0, 0.05) is 5.56 Å². The molecule has 1 aromatic heterocycles. The van der Waals surface area contributed by atoms with Crippen LogP contribution in [0.2, 0.25) is 0 Å². The number of rotatable bonds is 4. The SMILES string of the molecule is COc1ccc(Oc2ncc(F)cc2CO)c(Br)c1. The number of benzene rings is 1. The van der Waals surface area contributed by atoms with Crippen molar-refractivity contribution < 1.29 is 19.0 Å². The highest BCUT2D eigenvalue weighted by atomic mass is 79.9. The summed E-state index contributed by atoms with van der Waals surface area (Å²) in [7, 11) is 1.56. The van der Waals surface area contributed by atoms with Crippen molar-refractivity contribution in [2.45, 2.75) is 6.61 Å². The number of aromatic nitrogens is 1. The van der Waals surface area contributed by atoms with Gasteiger partial charge >= 0.3 is 0 Å². The molecular formula is C13H11BrFNO3. The van der Waals surface area contributed by atoms with Gasteiger partial charge in [0.2, 0.25) is 5.88 Å². The Morgan fingerprint density at radius 2 is 2.16 bits per heavy atom. The van der Waals surface area contributed by atoms with Crippen LogP contribution in [0.15, 0.2) is 34.9 Å². The van der Waals surface area contributed by atoms with Crippen LogP contribution in [0.1, 0.15) is 5.56 Å². The molecule has 1 N–H and O–H groups in total. The summed E-state index contributed by atoms with van der Waals surface area (Å²) in [6.45, 7) is -0.353. The lowest BCUT2D eigenvalue weighted by Gasteiger charge is -2.10. The fourth-order valence-corrected chi connectivity index (χ4v) is 1.91. The summed E-state index contributed by atoms with van der Waals surface area (Å²) in [5.41, 5.74) is 0.280. The maximum Gasteiger partial charge on any atom is 0.224 e. The summed E-state index contributed by atoms with van der Waals surface area (Å²) in [5, 5.41) is 9.15. The smallest absolute Gasteiger partial charge is 0.224 e. The predicted molar refractivity (Wildman–Crippen MR) is 70.9 cm³/mol. The molecule has 0 aliphatic rings. The van der Waals surface area contributed by atoms with Gasteiger partial charge in [0.05, 0.1) is 24.4 Å². The molecule has 0 atom stereocenters. The number of hydrogen-bond acceptors (Lipinski definition) is 4. The number of nitrogens with zero attached hydrogens (tertiary/aromatic N) is 1. The van der Waals surface area contributed by atoms with E-state index < -0.39 is 5.82 Å². The highest BCUT2D eigenvalue weighted by Crippen LogP contribution is 2.33. The van der Waals surface area contributed by atoms with Gasteiger partial charge in [-0.2, -0.15) is 0 Å². The average Bonchev–Trinajstić information content (AvgIpc) is 2.42. The highest BCUT2D eigenvalue weighted by molar-refractivity contribution is 9.10. The molecule has 0 unspecified atom stereocenters. The van der Waals surface area contributed by atoms with Gasteiger partial charge in [-0.15, -0.1) is 0 Å². The van der Waals surface area contributed by atoms with Crippen molar-refractivity contribution in [3.63, 3.8) is 0 Å². The summed E-state index contributed by atoms with van der Waals surface area (Å²) < 4.78 is 24.3. The number of methoxy groups -OCH3 is 1. The third-order valence-corrected chi connectivity index (χ3v) is 3.03. The molecule has 0 bridgehead atoms. The Hall–Kier alpha value is -1.66. The Morgan fingerprint density at radius 1 is 1.37 bits per heavy atom. The van der Waals surface area contributed by atoms with Gasteiger partial charge in [-0.3, -0.25) is 0 Å². The van der Waals surface area contributed by atoms with E-state index >= 15 is 0 Å². The Kier molecular flexibility index (Phi) is 4.34. The van der Waals surface area contributed by atoms with Gasteiger partial charge in [-0.1, -0.05) is 0 Å².